The van der Waals surface area contributed by atoms with E-state index < -0.39 is 11.9 Å². The number of fused-ring (bicyclic) bond motifs is 1. The van der Waals surface area contributed by atoms with Crippen LogP contribution in [0.15, 0.2) is 60.7 Å². The quantitative estimate of drug-likeness (QED) is 0.691. The van der Waals surface area contributed by atoms with E-state index in [4.69, 9.17) is 5.11 Å². The lowest BCUT2D eigenvalue weighted by atomic mass is 10.0. The van der Waals surface area contributed by atoms with Gasteiger partial charge in [-0.25, -0.2) is 4.79 Å². The van der Waals surface area contributed by atoms with Gasteiger partial charge in [-0.15, -0.1) is 0 Å². The molecule has 0 aliphatic rings. The van der Waals surface area contributed by atoms with Gasteiger partial charge in [0.05, 0.1) is 16.8 Å². The number of aromatic hydroxyl groups is 1. The molecule has 5 nitrogen and oxygen atoms in total. The molecule has 23 heavy (non-hydrogen) atoms. The first-order valence-electron chi connectivity index (χ1n) is 6.91. The van der Waals surface area contributed by atoms with Gasteiger partial charge in [0, 0.05) is 0 Å². The highest BCUT2D eigenvalue weighted by atomic mass is 16.4. The average Bonchev–Trinajstić information content (AvgIpc) is 2.54. The van der Waals surface area contributed by atoms with Crippen molar-refractivity contribution in [2.45, 2.75) is 0 Å². The summed E-state index contributed by atoms with van der Waals surface area (Å²) in [6, 6.07) is 16.5. The minimum absolute atomic E-state index is 0.0128. The molecule has 0 fully saturated rings. The van der Waals surface area contributed by atoms with Crippen LogP contribution in [0.25, 0.3) is 10.8 Å². The van der Waals surface area contributed by atoms with Gasteiger partial charge in [0.2, 0.25) is 0 Å². The summed E-state index contributed by atoms with van der Waals surface area (Å²) in [6.45, 7) is 0. The van der Waals surface area contributed by atoms with E-state index >= 15 is 0 Å². The number of carboxylic acid groups (broad SMARTS) is 1. The molecule has 114 valence electrons. The molecule has 0 atom stereocenters. The van der Waals surface area contributed by atoms with Gasteiger partial charge in [-0.1, -0.05) is 36.4 Å². The number of anilines is 1. The third kappa shape index (κ3) is 2.85. The zero-order chi connectivity index (χ0) is 16.4. The van der Waals surface area contributed by atoms with Gasteiger partial charge in [-0.2, -0.15) is 0 Å². The zero-order valence-corrected chi connectivity index (χ0v) is 12.0. The van der Waals surface area contributed by atoms with E-state index in [1.165, 1.54) is 18.2 Å². The first-order valence-corrected chi connectivity index (χ1v) is 6.91. The van der Waals surface area contributed by atoms with E-state index in [0.29, 0.717) is 0 Å². The summed E-state index contributed by atoms with van der Waals surface area (Å²) in [5, 5.41) is 23.4. The lowest BCUT2D eigenvalue weighted by molar-refractivity contribution is 0.0698. The minimum Gasteiger partial charge on any atom is -0.507 e. The minimum atomic E-state index is -1.14. The summed E-state index contributed by atoms with van der Waals surface area (Å²) in [7, 11) is 0. The Morgan fingerprint density at radius 2 is 1.43 bits per heavy atom. The Balaban J connectivity index is 1.98. The molecule has 0 aromatic heterocycles. The number of rotatable bonds is 3. The summed E-state index contributed by atoms with van der Waals surface area (Å²) in [6.07, 6.45) is 0. The molecule has 0 saturated heterocycles. The Labute approximate surface area is 131 Å². The van der Waals surface area contributed by atoms with Crippen molar-refractivity contribution in [1.29, 1.82) is 0 Å². The van der Waals surface area contributed by atoms with E-state index in [1.807, 2.05) is 24.3 Å². The molecule has 3 N–H and O–H groups in total. The number of carbonyl (C=O) groups excluding carboxylic acids is 1. The highest BCUT2D eigenvalue weighted by molar-refractivity contribution is 6.10. The predicted molar refractivity (Wildman–Crippen MR) is 87.0 cm³/mol. The summed E-state index contributed by atoms with van der Waals surface area (Å²) in [4.78, 5) is 23.6. The Kier molecular flexibility index (Phi) is 3.68. The predicted octanol–water partition coefficient (Wildman–Crippen LogP) is 3.50. The number of aromatic carboxylic acids is 1. The van der Waals surface area contributed by atoms with Crippen molar-refractivity contribution in [2.24, 2.45) is 0 Å². The third-order valence-corrected chi connectivity index (χ3v) is 3.51. The van der Waals surface area contributed by atoms with Crippen molar-refractivity contribution in [3.63, 3.8) is 0 Å². The Bertz CT molecular complexity index is 918. The standard InChI is InChI=1S/C18H13NO4/c20-16-10-12-6-2-1-5-11(12)9-14(16)17(21)19-15-8-4-3-7-13(15)18(22)23/h1-10,20H,(H,19,21)(H,22,23). The van der Waals surface area contributed by atoms with Crippen LogP contribution in [0.2, 0.25) is 0 Å². The molecule has 0 bridgehead atoms. The fourth-order valence-electron chi connectivity index (χ4n) is 2.38. The summed E-state index contributed by atoms with van der Waals surface area (Å²) in [5.74, 6) is -1.86. The Morgan fingerprint density at radius 1 is 0.826 bits per heavy atom. The van der Waals surface area contributed by atoms with E-state index in [1.54, 1.807) is 18.2 Å². The SMILES string of the molecule is O=C(Nc1ccccc1C(=O)O)c1cc2ccccc2cc1O. The highest BCUT2D eigenvalue weighted by Gasteiger charge is 2.16. The summed E-state index contributed by atoms with van der Waals surface area (Å²) >= 11 is 0. The molecule has 0 aliphatic heterocycles. The van der Waals surface area contributed by atoms with Crippen molar-refractivity contribution in [2.75, 3.05) is 5.32 Å². The molecule has 3 rings (SSSR count). The maximum Gasteiger partial charge on any atom is 0.337 e. The number of nitrogens with one attached hydrogen (secondary N) is 1. The van der Waals surface area contributed by atoms with E-state index in [0.717, 1.165) is 10.8 Å². The maximum absolute atomic E-state index is 12.4. The second kappa shape index (κ2) is 5.81. The fourth-order valence-corrected chi connectivity index (χ4v) is 2.38. The number of hydrogen-bond donors (Lipinski definition) is 3. The molecule has 0 saturated carbocycles. The number of phenolic OH excluding ortho intramolecular Hbond substituents is 1. The molecule has 5 heteroatoms. The highest BCUT2D eigenvalue weighted by Crippen LogP contribution is 2.26. The molecule has 0 heterocycles. The second-order valence-corrected chi connectivity index (χ2v) is 5.02. The molecule has 0 spiro atoms. The average molecular weight is 307 g/mol. The lowest BCUT2D eigenvalue weighted by Crippen LogP contribution is -2.15. The molecule has 1 amide bonds. The second-order valence-electron chi connectivity index (χ2n) is 5.02. The van der Waals surface area contributed by atoms with Gasteiger partial charge >= 0.3 is 5.97 Å². The normalized spacial score (nSPS) is 10.4. The lowest BCUT2D eigenvalue weighted by Gasteiger charge is -2.10. The van der Waals surface area contributed by atoms with Crippen LogP contribution >= 0.6 is 0 Å². The number of para-hydroxylation sites is 1. The maximum atomic E-state index is 12.4. The fraction of sp³-hybridized carbons (Fsp3) is 0. The van der Waals surface area contributed by atoms with Gasteiger partial charge in [-0.3, -0.25) is 4.79 Å². The number of phenols is 1. The molecular formula is C18H13NO4. The molecular weight excluding hydrogens is 294 g/mol. The van der Waals surface area contributed by atoms with Crippen LogP contribution in [0.4, 0.5) is 5.69 Å². The number of hydrogen-bond acceptors (Lipinski definition) is 3. The van der Waals surface area contributed by atoms with Crippen LogP contribution in [0.1, 0.15) is 20.7 Å². The largest absolute Gasteiger partial charge is 0.507 e. The van der Waals surface area contributed by atoms with Gasteiger partial charge in [-0.05, 0) is 35.0 Å². The van der Waals surface area contributed by atoms with Crippen molar-refractivity contribution in [1.82, 2.24) is 0 Å². The third-order valence-electron chi connectivity index (χ3n) is 3.51. The Hall–Kier alpha value is -3.34. The van der Waals surface area contributed by atoms with Crippen molar-refractivity contribution < 1.29 is 19.8 Å². The molecule has 0 radical (unpaired) electrons. The van der Waals surface area contributed by atoms with Crippen LogP contribution in [-0.4, -0.2) is 22.1 Å². The molecule has 3 aromatic rings. The molecule has 0 aliphatic carbocycles. The number of carbonyl (C=O) groups is 2. The van der Waals surface area contributed by atoms with E-state index in [-0.39, 0.29) is 22.6 Å². The summed E-state index contributed by atoms with van der Waals surface area (Å²) < 4.78 is 0. The van der Waals surface area contributed by atoms with Crippen molar-refractivity contribution >= 4 is 28.3 Å². The van der Waals surface area contributed by atoms with Crippen LogP contribution < -0.4 is 5.32 Å². The van der Waals surface area contributed by atoms with Crippen molar-refractivity contribution in [3.8, 4) is 5.75 Å². The van der Waals surface area contributed by atoms with E-state index in [9.17, 15) is 14.7 Å². The van der Waals surface area contributed by atoms with Gasteiger partial charge in [0.1, 0.15) is 5.75 Å². The van der Waals surface area contributed by atoms with Gasteiger partial charge < -0.3 is 15.5 Å². The zero-order valence-electron chi connectivity index (χ0n) is 12.0. The van der Waals surface area contributed by atoms with Crippen LogP contribution in [-0.2, 0) is 0 Å². The summed E-state index contributed by atoms with van der Waals surface area (Å²) in [5.41, 5.74) is 0.252. The van der Waals surface area contributed by atoms with Gasteiger partial charge in [0.25, 0.3) is 5.91 Å². The van der Waals surface area contributed by atoms with Gasteiger partial charge in [0.15, 0.2) is 0 Å². The number of carboxylic acids is 1. The Morgan fingerprint density at radius 3 is 2.13 bits per heavy atom. The number of benzene rings is 3. The monoisotopic (exact) mass is 307 g/mol. The topological polar surface area (TPSA) is 86.6 Å². The molecule has 0 unspecified atom stereocenters. The smallest absolute Gasteiger partial charge is 0.337 e. The number of amides is 1. The van der Waals surface area contributed by atoms with Crippen LogP contribution in [0.3, 0.4) is 0 Å². The van der Waals surface area contributed by atoms with Crippen LogP contribution in [0, 0.1) is 0 Å². The van der Waals surface area contributed by atoms with E-state index in [2.05, 4.69) is 5.32 Å². The first-order chi connectivity index (χ1) is 11.1. The van der Waals surface area contributed by atoms with Crippen molar-refractivity contribution in [3.05, 3.63) is 71.8 Å². The van der Waals surface area contributed by atoms with Crippen LogP contribution in [0.5, 0.6) is 5.75 Å². The first kappa shape index (κ1) is 14.6. The molecule has 3 aromatic carbocycles.